The van der Waals surface area contributed by atoms with Gasteiger partial charge in [0.2, 0.25) is 5.91 Å². The second-order valence-electron chi connectivity index (χ2n) is 8.30. The lowest BCUT2D eigenvalue weighted by Crippen LogP contribution is -2.50. The first kappa shape index (κ1) is 16.6. The first-order chi connectivity index (χ1) is 11.7. The van der Waals surface area contributed by atoms with Crippen LogP contribution in [0.15, 0.2) is 11.6 Å². The van der Waals surface area contributed by atoms with Crippen LogP contribution in [0, 0.1) is 5.92 Å². The minimum Gasteiger partial charge on any atom is -0.375 e. The number of hydrogen-bond donors (Lipinski definition) is 0. The number of carbonyl (C=O) groups is 1. The summed E-state index contributed by atoms with van der Waals surface area (Å²) in [4.78, 5) is 14.8. The molecule has 0 aromatic carbocycles. The van der Waals surface area contributed by atoms with E-state index in [0.717, 1.165) is 57.7 Å². The first-order valence-electron chi connectivity index (χ1n) is 9.94. The second-order valence-corrected chi connectivity index (χ2v) is 8.30. The first-order valence-corrected chi connectivity index (χ1v) is 9.94. The van der Waals surface area contributed by atoms with E-state index in [1.54, 1.807) is 0 Å². The van der Waals surface area contributed by atoms with Gasteiger partial charge in [0.05, 0.1) is 18.3 Å². The third kappa shape index (κ3) is 4.02. The Morgan fingerprint density at radius 1 is 1.33 bits per heavy atom. The molecule has 1 amide bonds. The molecule has 4 heteroatoms. The molecule has 134 valence electrons. The van der Waals surface area contributed by atoms with E-state index in [1.807, 2.05) is 0 Å². The lowest BCUT2D eigenvalue weighted by Gasteiger charge is -2.40. The van der Waals surface area contributed by atoms with Crippen molar-refractivity contribution < 1.29 is 14.3 Å². The van der Waals surface area contributed by atoms with E-state index in [1.165, 1.54) is 31.3 Å². The average Bonchev–Trinajstić information content (AvgIpc) is 3.36. The Balaban J connectivity index is 1.29. The lowest BCUT2D eigenvalue weighted by atomic mass is 9.88. The smallest absolute Gasteiger partial charge is 0.226 e. The number of nitrogens with zero attached hydrogens (tertiary/aromatic N) is 1. The Morgan fingerprint density at radius 2 is 2.25 bits per heavy atom. The van der Waals surface area contributed by atoms with Crippen LogP contribution in [0.2, 0.25) is 0 Å². The van der Waals surface area contributed by atoms with Crippen molar-refractivity contribution in [3.8, 4) is 0 Å². The maximum absolute atomic E-state index is 12.7. The molecule has 24 heavy (non-hydrogen) atoms. The van der Waals surface area contributed by atoms with Crippen LogP contribution in [0.3, 0.4) is 0 Å². The Bertz CT molecular complexity index is 499. The van der Waals surface area contributed by atoms with E-state index in [9.17, 15) is 4.79 Å². The minimum absolute atomic E-state index is 0.136. The van der Waals surface area contributed by atoms with Gasteiger partial charge >= 0.3 is 0 Å². The average molecular weight is 333 g/mol. The number of ether oxygens (including phenoxy) is 2. The number of hydrogen-bond acceptors (Lipinski definition) is 3. The van der Waals surface area contributed by atoms with E-state index < -0.39 is 0 Å². The van der Waals surface area contributed by atoms with Gasteiger partial charge in [-0.25, -0.2) is 0 Å². The summed E-state index contributed by atoms with van der Waals surface area (Å²) in [7, 11) is 0. The van der Waals surface area contributed by atoms with Crippen molar-refractivity contribution in [2.45, 2.75) is 75.9 Å². The van der Waals surface area contributed by atoms with Gasteiger partial charge in [0, 0.05) is 32.5 Å². The van der Waals surface area contributed by atoms with E-state index >= 15 is 0 Å². The van der Waals surface area contributed by atoms with Gasteiger partial charge in [-0.1, -0.05) is 11.6 Å². The fourth-order valence-corrected chi connectivity index (χ4v) is 4.43. The maximum Gasteiger partial charge on any atom is 0.226 e. The van der Waals surface area contributed by atoms with Gasteiger partial charge in [-0.15, -0.1) is 0 Å². The summed E-state index contributed by atoms with van der Waals surface area (Å²) < 4.78 is 12.2. The summed E-state index contributed by atoms with van der Waals surface area (Å²) in [6.45, 7) is 3.27. The molecule has 4 nitrogen and oxygen atoms in total. The molecule has 2 saturated heterocycles. The molecule has 0 bridgehead atoms. The molecule has 1 spiro atoms. The Kier molecular flexibility index (Phi) is 4.95. The third-order valence-electron chi connectivity index (χ3n) is 6.10. The molecular formula is C20H31NO3. The van der Waals surface area contributed by atoms with Gasteiger partial charge in [-0.05, 0) is 57.3 Å². The van der Waals surface area contributed by atoms with Crippen LogP contribution < -0.4 is 0 Å². The molecule has 0 aromatic rings. The van der Waals surface area contributed by atoms with Crippen LogP contribution in [-0.2, 0) is 14.3 Å². The Hall–Kier alpha value is -0.870. The molecule has 0 radical (unpaired) electrons. The fourth-order valence-electron chi connectivity index (χ4n) is 4.43. The zero-order valence-electron chi connectivity index (χ0n) is 14.8. The highest BCUT2D eigenvalue weighted by Crippen LogP contribution is 2.37. The molecule has 0 N–H and O–H groups in total. The minimum atomic E-state index is -0.136. The van der Waals surface area contributed by atoms with Crippen molar-refractivity contribution in [2.75, 3.05) is 26.3 Å². The zero-order chi connectivity index (χ0) is 16.4. The molecule has 2 aliphatic heterocycles. The zero-order valence-corrected chi connectivity index (χ0v) is 14.8. The number of amides is 1. The van der Waals surface area contributed by atoms with Gasteiger partial charge in [0.15, 0.2) is 0 Å². The van der Waals surface area contributed by atoms with Gasteiger partial charge < -0.3 is 14.4 Å². The highest BCUT2D eigenvalue weighted by Gasteiger charge is 2.45. The van der Waals surface area contributed by atoms with Crippen LogP contribution in [0.5, 0.6) is 0 Å². The monoisotopic (exact) mass is 333 g/mol. The highest BCUT2D eigenvalue weighted by molar-refractivity contribution is 5.79. The lowest BCUT2D eigenvalue weighted by molar-refractivity contribution is -0.138. The number of piperidine rings is 1. The highest BCUT2D eigenvalue weighted by atomic mass is 16.6. The summed E-state index contributed by atoms with van der Waals surface area (Å²) in [6.07, 6.45) is 13.7. The van der Waals surface area contributed by atoms with Gasteiger partial charge in [-0.2, -0.15) is 0 Å². The molecule has 0 aromatic heterocycles. The van der Waals surface area contributed by atoms with E-state index in [4.69, 9.17) is 9.47 Å². The molecule has 2 atom stereocenters. The Labute approximate surface area is 145 Å². The van der Waals surface area contributed by atoms with E-state index in [2.05, 4.69) is 11.0 Å². The SMILES string of the molecule is O=C(CC1=CCCCC1)N1CCC[C@]2(C[C@@H](OCC3CC3)CO2)C1. The number of carbonyl (C=O) groups excluding carboxylic acids is 1. The van der Waals surface area contributed by atoms with Crippen molar-refractivity contribution in [1.29, 1.82) is 0 Å². The van der Waals surface area contributed by atoms with Crippen LogP contribution in [0.25, 0.3) is 0 Å². The van der Waals surface area contributed by atoms with Gasteiger partial charge in [0.1, 0.15) is 0 Å². The summed E-state index contributed by atoms with van der Waals surface area (Å²) >= 11 is 0. The van der Waals surface area contributed by atoms with E-state index in [-0.39, 0.29) is 11.7 Å². The molecule has 4 rings (SSSR count). The fraction of sp³-hybridized carbons (Fsp3) is 0.850. The molecule has 2 aliphatic carbocycles. The summed E-state index contributed by atoms with van der Waals surface area (Å²) in [5.41, 5.74) is 1.21. The van der Waals surface area contributed by atoms with Crippen molar-refractivity contribution in [2.24, 2.45) is 5.92 Å². The number of allylic oxidation sites excluding steroid dienone is 1. The number of rotatable bonds is 5. The summed E-state index contributed by atoms with van der Waals surface area (Å²) in [5.74, 6) is 1.10. The predicted molar refractivity (Wildman–Crippen MR) is 92.7 cm³/mol. The molecule has 1 saturated carbocycles. The summed E-state index contributed by atoms with van der Waals surface area (Å²) in [6, 6.07) is 0. The molecule has 4 aliphatic rings. The summed E-state index contributed by atoms with van der Waals surface area (Å²) in [5, 5.41) is 0. The Morgan fingerprint density at radius 3 is 3.04 bits per heavy atom. The molecule has 0 unspecified atom stereocenters. The molecule has 3 fully saturated rings. The largest absolute Gasteiger partial charge is 0.375 e. The standard InChI is InChI=1S/C20H31NO3/c22-19(11-16-5-2-1-3-6-16)21-10-4-9-20(15-21)12-18(14-24-20)23-13-17-7-8-17/h5,17-18H,1-4,6-15H2/t18-,20+/m1/s1. The van der Waals surface area contributed by atoms with E-state index in [0.29, 0.717) is 18.9 Å². The maximum atomic E-state index is 12.7. The van der Waals surface area contributed by atoms with Crippen LogP contribution >= 0.6 is 0 Å². The normalized spacial score (nSPS) is 33.8. The van der Waals surface area contributed by atoms with Crippen LogP contribution in [0.1, 0.15) is 64.2 Å². The van der Waals surface area contributed by atoms with Crippen molar-refractivity contribution in [3.63, 3.8) is 0 Å². The van der Waals surface area contributed by atoms with Crippen molar-refractivity contribution in [3.05, 3.63) is 11.6 Å². The number of likely N-dealkylation sites (tertiary alicyclic amines) is 1. The van der Waals surface area contributed by atoms with Crippen LogP contribution in [-0.4, -0.2) is 48.8 Å². The predicted octanol–water partition coefficient (Wildman–Crippen LogP) is 3.45. The third-order valence-corrected chi connectivity index (χ3v) is 6.10. The molecular weight excluding hydrogens is 302 g/mol. The second kappa shape index (κ2) is 7.17. The van der Waals surface area contributed by atoms with Crippen molar-refractivity contribution in [1.82, 2.24) is 4.90 Å². The molecule has 2 heterocycles. The van der Waals surface area contributed by atoms with Crippen molar-refractivity contribution >= 4 is 5.91 Å². The van der Waals surface area contributed by atoms with Crippen LogP contribution in [0.4, 0.5) is 0 Å². The van der Waals surface area contributed by atoms with Gasteiger partial charge in [0.25, 0.3) is 0 Å². The van der Waals surface area contributed by atoms with Gasteiger partial charge in [-0.3, -0.25) is 4.79 Å². The topological polar surface area (TPSA) is 38.8 Å². The quantitative estimate of drug-likeness (QED) is 0.723.